The van der Waals surface area contributed by atoms with E-state index in [0.717, 1.165) is 67.8 Å². The van der Waals surface area contributed by atoms with Gasteiger partial charge in [-0.05, 0) is 24.3 Å². The molecule has 1 N–H and O–H groups in total. The smallest absolute Gasteiger partial charge is 0.257 e. The standard InChI is InChI=1S/C19H23N7OS/c1-24-12-14(17(23-24)15-3-2-10-28-15)19(27)25-7-4-13(5-8-25)18-22-21-16-11-20-6-9-26(16)18/h2-3,10,12-13,20H,4-9,11H2,1H3. The van der Waals surface area contributed by atoms with Gasteiger partial charge in [-0.2, -0.15) is 5.10 Å². The number of nitrogens with zero attached hydrogens (tertiary/aromatic N) is 6. The Balaban J connectivity index is 1.31. The zero-order valence-electron chi connectivity index (χ0n) is 15.8. The predicted octanol–water partition coefficient (Wildman–Crippen LogP) is 1.86. The lowest BCUT2D eigenvalue weighted by molar-refractivity contribution is 0.0711. The van der Waals surface area contributed by atoms with E-state index in [1.54, 1.807) is 16.0 Å². The Labute approximate surface area is 167 Å². The lowest BCUT2D eigenvalue weighted by Crippen LogP contribution is -2.39. The monoisotopic (exact) mass is 397 g/mol. The van der Waals surface area contributed by atoms with Gasteiger partial charge in [-0.15, -0.1) is 21.5 Å². The highest BCUT2D eigenvalue weighted by Crippen LogP contribution is 2.31. The molecule has 0 spiro atoms. The molecule has 8 nitrogen and oxygen atoms in total. The molecular weight excluding hydrogens is 374 g/mol. The Kier molecular flexibility index (Phi) is 4.48. The average molecular weight is 398 g/mol. The summed E-state index contributed by atoms with van der Waals surface area (Å²) in [5, 5.41) is 18.7. The molecule has 1 amide bonds. The van der Waals surface area contributed by atoms with Gasteiger partial charge in [-0.1, -0.05) is 6.07 Å². The molecule has 28 heavy (non-hydrogen) atoms. The Morgan fingerprint density at radius 2 is 2.11 bits per heavy atom. The summed E-state index contributed by atoms with van der Waals surface area (Å²) in [7, 11) is 1.86. The first-order chi connectivity index (χ1) is 13.7. The summed E-state index contributed by atoms with van der Waals surface area (Å²) >= 11 is 1.61. The molecule has 3 aromatic heterocycles. The van der Waals surface area contributed by atoms with Gasteiger partial charge in [0.05, 0.1) is 17.0 Å². The highest BCUT2D eigenvalue weighted by atomic mass is 32.1. The highest BCUT2D eigenvalue weighted by Gasteiger charge is 2.30. The number of thiophene rings is 1. The number of nitrogens with one attached hydrogen (secondary N) is 1. The van der Waals surface area contributed by atoms with Crippen molar-refractivity contribution in [1.82, 2.24) is 34.8 Å². The number of amides is 1. The van der Waals surface area contributed by atoms with Crippen molar-refractivity contribution >= 4 is 17.2 Å². The molecule has 3 aromatic rings. The Hall–Kier alpha value is -2.52. The summed E-state index contributed by atoms with van der Waals surface area (Å²) in [6.45, 7) is 4.15. The lowest BCUT2D eigenvalue weighted by Gasteiger charge is -2.32. The number of aryl methyl sites for hydroxylation is 1. The summed E-state index contributed by atoms with van der Waals surface area (Å²) < 4.78 is 3.99. The van der Waals surface area contributed by atoms with E-state index in [4.69, 9.17) is 0 Å². The van der Waals surface area contributed by atoms with Crippen molar-refractivity contribution in [3.8, 4) is 10.6 Å². The van der Waals surface area contributed by atoms with Crippen molar-refractivity contribution in [2.45, 2.75) is 31.8 Å². The third kappa shape index (κ3) is 3.04. The maximum Gasteiger partial charge on any atom is 0.257 e. The van der Waals surface area contributed by atoms with E-state index in [0.29, 0.717) is 11.5 Å². The maximum atomic E-state index is 13.2. The second-order valence-corrected chi connectivity index (χ2v) is 8.36. The number of likely N-dealkylation sites (tertiary alicyclic amines) is 1. The third-order valence-corrected chi connectivity index (χ3v) is 6.49. The van der Waals surface area contributed by atoms with Crippen LogP contribution in [0.3, 0.4) is 0 Å². The molecule has 5 heterocycles. The second kappa shape index (κ2) is 7.14. The highest BCUT2D eigenvalue weighted by molar-refractivity contribution is 7.13. The van der Waals surface area contributed by atoms with Crippen molar-refractivity contribution in [2.24, 2.45) is 7.05 Å². The molecule has 1 saturated heterocycles. The molecule has 5 rings (SSSR count). The lowest BCUT2D eigenvalue weighted by atomic mass is 9.95. The number of rotatable bonds is 3. The molecular formula is C19H23N7OS. The number of carbonyl (C=O) groups is 1. The van der Waals surface area contributed by atoms with Crippen LogP contribution < -0.4 is 5.32 Å². The molecule has 9 heteroatoms. The van der Waals surface area contributed by atoms with Crippen LogP contribution in [0.4, 0.5) is 0 Å². The van der Waals surface area contributed by atoms with Gasteiger partial charge in [0.15, 0.2) is 0 Å². The topological polar surface area (TPSA) is 80.9 Å². The number of fused-ring (bicyclic) bond motifs is 1. The minimum absolute atomic E-state index is 0.0717. The summed E-state index contributed by atoms with van der Waals surface area (Å²) in [5.41, 5.74) is 1.47. The largest absolute Gasteiger partial charge is 0.338 e. The molecule has 0 aliphatic carbocycles. The summed E-state index contributed by atoms with van der Waals surface area (Å²) in [6.07, 6.45) is 3.68. The van der Waals surface area contributed by atoms with Gasteiger partial charge < -0.3 is 14.8 Å². The van der Waals surface area contributed by atoms with Gasteiger partial charge in [0.25, 0.3) is 5.91 Å². The van der Waals surface area contributed by atoms with Gasteiger partial charge in [-0.25, -0.2) is 0 Å². The van der Waals surface area contributed by atoms with Crippen molar-refractivity contribution in [3.05, 3.63) is 40.9 Å². The Morgan fingerprint density at radius 1 is 1.25 bits per heavy atom. The molecule has 0 aromatic carbocycles. The fourth-order valence-corrected chi connectivity index (χ4v) is 4.89. The first-order valence-electron chi connectivity index (χ1n) is 9.70. The number of piperidine rings is 1. The molecule has 2 aliphatic rings. The Bertz CT molecular complexity index is 982. The molecule has 2 aliphatic heterocycles. The van der Waals surface area contributed by atoms with Crippen LogP contribution in [0.2, 0.25) is 0 Å². The molecule has 0 radical (unpaired) electrons. The van der Waals surface area contributed by atoms with Gasteiger partial charge in [0.2, 0.25) is 0 Å². The van der Waals surface area contributed by atoms with Crippen molar-refractivity contribution in [1.29, 1.82) is 0 Å². The fraction of sp³-hybridized carbons (Fsp3) is 0.474. The van der Waals surface area contributed by atoms with E-state index in [1.807, 2.05) is 35.7 Å². The van der Waals surface area contributed by atoms with Gasteiger partial charge >= 0.3 is 0 Å². The van der Waals surface area contributed by atoms with E-state index in [1.165, 1.54) is 0 Å². The van der Waals surface area contributed by atoms with Crippen LogP contribution in [0.1, 0.15) is 40.8 Å². The van der Waals surface area contributed by atoms with E-state index < -0.39 is 0 Å². The molecule has 0 unspecified atom stereocenters. The van der Waals surface area contributed by atoms with Crippen LogP contribution >= 0.6 is 11.3 Å². The maximum absolute atomic E-state index is 13.2. The molecule has 0 bridgehead atoms. The Morgan fingerprint density at radius 3 is 2.89 bits per heavy atom. The number of hydrogen-bond acceptors (Lipinski definition) is 6. The first kappa shape index (κ1) is 17.6. The fourth-order valence-electron chi connectivity index (χ4n) is 4.17. The van der Waals surface area contributed by atoms with E-state index in [9.17, 15) is 4.79 Å². The zero-order valence-corrected chi connectivity index (χ0v) is 16.7. The summed E-state index contributed by atoms with van der Waals surface area (Å²) in [6, 6.07) is 4.00. The van der Waals surface area contributed by atoms with E-state index in [2.05, 4.69) is 25.2 Å². The number of carbonyl (C=O) groups excluding carboxylic acids is 1. The SMILES string of the molecule is Cn1cc(C(=O)N2CCC(c3nnc4n3CCNC4)CC2)c(-c2cccs2)n1. The molecule has 0 atom stereocenters. The van der Waals surface area contributed by atoms with Crippen LogP contribution in [-0.4, -0.2) is 55.0 Å². The first-order valence-corrected chi connectivity index (χ1v) is 10.6. The van der Waals surface area contributed by atoms with E-state index in [-0.39, 0.29) is 5.91 Å². The molecule has 146 valence electrons. The second-order valence-electron chi connectivity index (χ2n) is 7.41. The third-order valence-electron chi connectivity index (χ3n) is 5.61. The van der Waals surface area contributed by atoms with Gasteiger partial charge in [-0.3, -0.25) is 9.48 Å². The van der Waals surface area contributed by atoms with Crippen molar-refractivity contribution < 1.29 is 4.79 Å². The minimum atomic E-state index is 0.0717. The average Bonchev–Trinajstić information content (AvgIpc) is 3.46. The quantitative estimate of drug-likeness (QED) is 0.730. The van der Waals surface area contributed by atoms with Crippen LogP contribution in [-0.2, 0) is 20.1 Å². The number of aromatic nitrogens is 5. The molecule has 1 fully saturated rings. The molecule has 0 saturated carbocycles. The van der Waals surface area contributed by atoms with Crippen molar-refractivity contribution in [3.63, 3.8) is 0 Å². The minimum Gasteiger partial charge on any atom is -0.338 e. The van der Waals surface area contributed by atoms with Crippen LogP contribution in [0, 0.1) is 0 Å². The van der Waals surface area contributed by atoms with Crippen molar-refractivity contribution in [2.75, 3.05) is 19.6 Å². The predicted molar refractivity (Wildman–Crippen MR) is 106 cm³/mol. The van der Waals surface area contributed by atoms with Crippen LogP contribution in [0.5, 0.6) is 0 Å². The summed E-state index contributed by atoms with van der Waals surface area (Å²) in [4.78, 5) is 16.2. The van der Waals surface area contributed by atoms with Gasteiger partial charge in [0, 0.05) is 45.3 Å². The summed E-state index contributed by atoms with van der Waals surface area (Å²) in [5.74, 6) is 2.55. The van der Waals surface area contributed by atoms with Crippen LogP contribution in [0.15, 0.2) is 23.7 Å². The van der Waals surface area contributed by atoms with Gasteiger partial charge in [0.1, 0.15) is 17.3 Å². The zero-order chi connectivity index (χ0) is 19.1. The van der Waals surface area contributed by atoms with Crippen LogP contribution in [0.25, 0.3) is 10.6 Å². The number of hydrogen-bond donors (Lipinski definition) is 1. The normalized spacial score (nSPS) is 17.7. The van der Waals surface area contributed by atoms with E-state index >= 15 is 0 Å².